The van der Waals surface area contributed by atoms with Gasteiger partial charge in [-0.15, -0.1) is 10.2 Å². The molecule has 0 fully saturated rings. The Labute approximate surface area is 168 Å². The van der Waals surface area contributed by atoms with Crippen molar-refractivity contribution in [2.75, 3.05) is 19.5 Å². The molecule has 0 bridgehead atoms. The highest BCUT2D eigenvalue weighted by atomic mass is 32.2. The Bertz CT molecular complexity index is 898. The summed E-state index contributed by atoms with van der Waals surface area (Å²) in [5, 5.41) is 9.57. The summed E-state index contributed by atoms with van der Waals surface area (Å²) in [6.07, 6.45) is 4.51. The van der Waals surface area contributed by atoms with E-state index in [2.05, 4.69) is 31.4 Å². The normalized spacial score (nSPS) is 10.6. The van der Waals surface area contributed by atoms with E-state index < -0.39 is 0 Å². The molecule has 0 saturated carbocycles. The summed E-state index contributed by atoms with van der Waals surface area (Å²) in [5.41, 5.74) is 1.50. The molecule has 0 radical (unpaired) electrons. The van der Waals surface area contributed by atoms with Gasteiger partial charge in [0.25, 0.3) is 0 Å². The topological polar surface area (TPSA) is 79.1 Å². The Morgan fingerprint density at radius 3 is 2.54 bits per heavy atom. The molecule has 1 aromatic carbocycles. The van der Waals surface area contributed by atoms with Crippen molar-refractivity contribution >= 4 is 17.7 Å². The van der Waals surface area contributed by atoms with Gasteiger partial charge in [-0.1, -0.05) is 18.7 Å². The number of ether oxygens (including phenoxy) is 2. The highest BCUT2D eigenvalue weighted by molar-refractivity contribution is 7.99. The van der Waals surface area contributed by atoms with Gasteiger partial charge in [-0.3, -0.25) is 4.98 Å². The van der Waals surface area contributed by atoms with Gasteiger partial charge in [-0.2, -0.15) is 0 Å². The molecule has 0 saturated heterocycles. The van der Waals surface area contributed by atoms with Crippen LogP contribution in [0.1, 0.15) is 23.7 Å². The fourth-order valence-corrected chi connectivity index (χ4v) is 3.41. The predicted octanol–water partition coefficient (Wildman–Crippen LogP) is 3.71. The molecule has 146 valence electrons. The molecule has 28 heavy (non-hydrogen) atoms. The lowest BCUT2D eigenvalue weighted by molar-refractivity contribution is 0.0600. The third-order valence-corrected chi connectivity index (χ3v) is 4.89. The van der Waals surface area contributed by atoms with E-state index in [0.717, 1.165) is 35.3 Å². The van der Waals surface area contributed by atoms with Crippen molar-refractivity contribution in [3.05, 3.63) is 54.4 Å². The van der Waals surface area contributed by atoms with Gasteiger partial charge in [0.15, 0.2) is 11.0 Å². The molecule has 0 spiro atoms. The molecule has 3 aromatic rings. The van der Waals surface area contributed by atoms with Crippen LogP contribution in [0.15, 0.2) is 53.9 Å². The SMILES string of the molecule is CCCn1c(SCCOc2ccc(C(=O)OC)cc2)nnc1-c1ccncc1. The molecular formula is C20H22N4O3S. The van der Waals surface area contributed by atoms with E-state index in [9.17, 15) is 4.79 Å². The van der Waals surface area contributed by atoms with Crippen LogP contribution in [0.5, 0.6) is 5.75 Å². The maximum Gasteiger partial charge on any atom is 0.337 e. The lowest BCUT2D eigenvalue weighted by Crippen LogP contribution is -2.05. The van der Waals surface area contributed by atoms with Crippen LogP contribution >= 0.6 is 11.8 Å². The van der Waals surface area contributed by atoms with Gasteiger partial charge < -0.3 is 14.0 Å². The lowest BCUT2D eigenvalue weighted by Gasteiger charge is -2.09. The number of benzene rings is 1. The largest absolute Gasteiger partial charge is 0.493 e. The van der Waals surface area contributed by atoms with Crippen LogP contribution in [0.3, 0.4) is 0 Å². The summed E-state index contributed by atoms with van der Waals surface area (Å²) >= 11 is 1.61. The van der Waals surface area contributed by atoms with E-state index in [1.54, 1.807) is 48.4 Å². The number of hydrogen-bond acceptors (Lipinski definition) is 7. The number of hydrogen-bond donors (Lipinski definition) is 0. The summed E-state index contributed by atoms with van der Waals surface area (Å²) in [5.74, 6) is 1.94. The van der Waals surface area contributed by atoms with Gasteiger partial charge in [0.2, 0.25) is 0 Å². The first-order valence-corrected chi connectivity index (χ1v) is 9.99. The van der Waals surface area contributed by atoms with Gasteiger partial charge in [0, 0.05) is 30.3 Å². The zero-order chi connectivity index (χ0) is 19.8. The van der Waals surface area contributed by atoms with Crippen molar-refractivity contribution in [3.63, 3.8) is 0 Å². The van der Waals surface area contributed by atoms with Gasteiger partial charge in [0.1, 0.15) is 5.75 Å². The molecule has 2 aromatic heterocycles. The molecule has 0 N–H and O–H groups in total. The number of rotatable bonds is 9. The molecule has 0 amide bonds. The van der Waals surface area contributed by atoms with Crippen LogP contribution < -0.4 is 4.74 Å². The number of aromatic nitrogens is 4. The van der Waals surface area contributed by atoms with Crippen LogP contribution in [0, 0.1) is 0 Å². The molecule has 2 heterocycles. The van der Waals surface area contributed by atoms with Gasteiger partial charge in [-0.05, 0) is 42.8 Å². The Balaban J connectivity index is 1.57. The number of pyridine rings is 1. The number of thioether (sulfide) groups is 1. The molecule has 3 rings (SSSR count). The molecular weight excluding hydrogens is 376 g/mol. The molecule has 0 aliphatic carbocycles. The van der Waals surface area contributed by atoms with E-state index >= 15 is 0 Å². The number of carbonyl (C=O) groups is 1. The van der Waals surface area contributed by atoms with Gasteiger partial charge in [0.05, 0.1) is 19.3 Å². The summed E-state index contributed by atoms with van der Waals surface area (Å²) in [7, 11) is 1.36. The minimum atomic E-state index is -0.359. The van der Waals surface area contributed by atoms with E-state index in [1.165, 1.54) is 7.11 Å². The van der Waals surface area contributed by atoms with E-state index in [0.29, 0.717) is 17.9 Å². The molecule has 0 aliphatic heterocycles. The van der Waals surface area contributed by atoms with Crippen molar-refractivity contribution < 1.29 is 14.3 Å². The molecule has 0 unspecified atom stereocenters. The van der Waals surface area contributed by atoms with Gasteiger partial charge >= 0.3 is 5.97 Å². The van der Waals surface area contributed by atoms with Crippen molar-refractivity contribution in [2.24, 2.45) is 0 Å². The summed E-state index contributed by atoms with van der Waals surface area (Å²) in [6, 6.07) is 10.8. The van der Waals surface area contributed by atoms with Crippen LogP contribution in [0.2, 0.25) is 0 Å². The smallest absolute Gasteiger partial charge is 0.337 e. The first-order chi connectivity index (χ1) is 13.7. The summed E-state index contributed by atoms with van der Waals surface area (Å²) in [4.78, 5) is 15.5. The highest BCUT2D eigenvalue weighted by Gasteiger charge is 2.13. The van der Waals surface area contributed by atoms with Crippen molar-refractivity contribution in [3.8, 4) is 17.1 Å². The van der Waals surface area contributed by atoms with Crippen LogP contribution in [0.25, 0.3) is 11.4 Å². The number of methoxy groups -OCH3 is 1. The minimum absolute atomic E-state index is 0.359. The molecule has 0 atom stereocenters. The number of carbonyl (C=O) groups excluding carboxylic acids is 1. The maximum atomic E-state index is 11.4. The lowest BCUT2D eigenvalue weighted by atomic mass is 10.2. The summed E-state index contributed by atoms with van der Waals surface area (Å²) < 4.78 is 12.6. The Morgan fingerprint density at radius 2 is 1.86 bits per heavy atom. The second kappa shape index (κ2) is 9.89. The maximum absolute atomic E-state index is 11.4. The first-order valence-electron chi connectivity index (χ1n) is 9.00. The van der Waals surface area contributed by atoms with Crippen LogP contribution in [-0.2, 0) is 11.3 Å². The van der Waals surface area contributed by atoms with Crippen LogP contribution in [-0.4, -0.2) is 45.2 Å². The van der Waals surface area contributed by atoms with E-state index in [4.69, 9.17) is 4.74 Å². The van der Waals surface area contributed by atoms with Crippen molar-refractivity contribution in [1.82, 2.24) is 19.7 Å². The fraction of sp³-hybridized carbons (Fsp3) is 0.300. The third kappa shape index (κ3) is 4.89. The second-order valence-corrected chi connectivity index (χ2v) is 6.97. The average molecular weight is 398 g/mol. The van der Waals surface area contributed by atoms with E-state index in [1.807, 2.05) is 12.1 Å². The van der Waals surface area contributed by atoms with Crippen molar-refractivity contribution in [2.45, 2.75) is 25.0 Å². The number of nitrogens with zero attached hydrogens (tertiary/aromatic N) is 4. The van der Waals surface area contributed by atoms with Crippen LogP contribution in [0.4, 0.5) is 0 Å². The Hall–Kier alpha value is -2.87. The van der Waals surface area contributed by atoms with Crippen molar-refractivity contribution in [1.29, 1.82) is 0 Å². The number of esters is 1. The Kier molecular flexibility index (Phi) is 7.02. The van der Waals surface area contributed by atoms with Gasteiger partial charge in [-0.25, -0.2) is 4.79 Å². The molecule has 8 heteroatoms. The molecule has 7 nitrogen and oxygen atoms in total. The second-order valence-electron chi connectivity index (χ2n) is 5.91. The zero-order valence-corrected chi connectivity index (χ0v) is 16.7. The highest BCUT2D eigenvalue weighted by Crippen LogP contribution is 2.24. The first kappa shape index (κ1) is 19.9. The Morgan fingerprint density at radius 1 is 1.11 bits per heavy atom. The average Bonchev–Trinajstić information content (AvgIpc) is 3.14. The van der Waals surface area contributed by atoms with E-state index in [-0.39, 0.29) is 5.97 Å². The summed E-state index contributed by atoms with van der Waals surface area (Å²) in [6.45, 7) is 3.50. The predicted molar refractivity (Wildman–Crippen MR) is 108 cm³/mol. The molecule has 0 aliphatic rings. The zero-order valence-electron chi connectivity index (χ0n) is 15.9. The minimum Gasteiger partial charge on any atom is -0.493 e. The quantitative estimate of drug-likeness (QED) is 0.309. The monoisotopic (exact) mass is 398 g/mol. The third-order valence-electron chi connectivity index (χ3n) is 3.96. The fourth-order valence-electron chi connectivity index (χ4n) is 2.63. The standard InChI is InChI=1S/C20H22N4O3S/c1-3-12-24-18(15-8-10-21-11-9-15)22-23-20(24)28-14-13-27-17-6-4-16(5-7-17)19(25)26-2/h4-11H,3,12-14H2,1-2H3.